The first-order valence-corrected chi connectivity index (χ1v) is 4.21. The molecule has 3 nitrogen and oxygen atoms in total. The van der Waals surface area contributed by atoms with Crippen LogP contribution in [0.5, 0.6) is 0 Å². The van der Waals surface area contributed by atoms with Gasteiger partial charge < -0.3 is 14.4 Å². The Labute approximate surface area is 67.3 Å². The summed E-state index contributed by atoms with van der Waals surface area (Å²) < 4.78 is 11.1. The van der Waals surface area contributed by atoms with Crippen molar-refractivity contribution < 1.29 is 9.47 Å². The minimum atomic E-state index is 0.0486. The lowest BCUT2D eigenvalue weighted by Crippen LogP contribution is -2.50. The Kier molecular flexibility index (Phi) is 1.87. The maximum absolute atomic E-state index is 5.73. The van der Waals surface area contributed by atoms with Crippen molar-refractivity contribution in [3.05, 3.63) is 0 Å². The highest BCUT2D eigenvalue weighted by Crippen LogP contribution is 2.26. The van der Waals surface area contributed by atoms with Crippen molar-refractivity contribution in [2.45, 2.75) is 12.0 Å². The lowest BCUT2D eigenvalue weighted by atomic mass is 10.0. The fourth-order valence-electron chi connectivity index (χ4n) is 1.86. The summed E-state index contributed by atoms with van der Waals surface area (Å²) in [4.78, 5) is 2.32. The van der Waals surface area contributed by atoms with Gasteiger partial charge in [0.25, 0.3) is 0 Å². The van der Waals surface area contributed by atoms with E-state index < -0.39 is 0 Å². The van der Waals surface area contributed by atoms with Crippen LogP contribution in [0.3, 0.4) is 0 Å². The van der Waals surface area contributed by atoms with E-state index in [1.54, 1.807) is 0 Å². The number of ether oxygens (including phenoxy) is 2. The number of hydrogen-bond acceptors (Lipinski definition) is 3. The molecule has 1 atom stereocenters. The standard InChI is InChI=1S/C8H15NO2/c1-9-3-5-11-8(6-9)2-4-10-7-8/h2-7H2,1H3. The molecule has 2 aliphatic rings. The van der Waals surface area contributed by atoms with Gasteiger partial charge in [0, 0.05) is 26.1 Å². The summed E-state index contributed by atoms with van der Waals surface area (Å²) in [6.07, 6.45) is 1.07. The molecule has 2 fully saturated rings. The van der Waals surface area contributed by atoms with Crippen LogP contribution in [0.25, 0.3) is 0 Å². The van der Waals surface area contributed by atoms with Gasteiger partial charge in [0.15, 0.2) is 0 Å². The summed E-state index contributed by atoms with van der Waals surface area (Å²) in [5, 5.41) is 0. The van der Waals surface area contributed by atoms with Crippen LogP contribution in [0.15, 0.2) is 0 Å². The lowest BCUT2D eigenvalue weighted by Gasteiger charge is -2.37. The van der Waals surface area contributed by atoms with Crippen molar-refractivity contribution in [1.29, 1.82) is 0 Å². The van der Waals surface area contributed by atoms with Crippen molar-refractivity contribution in [3.8, 4) is 0 Å². The Bertz CT molecular complexity index is 143. The second-order valence-electron chi connectivity index (χ2n) is 3.57. The van der Waals surface area contributed by atoms with Gasteiger partial charge in [-0.25, -0.2) is 0 Å². The van der Waals surface area contributed by atoms with Crippen LogP contribution in [0.1, 0.15) is 6.42 Å². The molecule has 0 aromatic rings. The molecule has 2 heterocycles. The summed E-state index contributed by atoms with van der Waals surface area (Å²) in [5.41, 5.74) is 0.0486. The summed E-state index contributed by atoms with van der Waals surface area (Å²) in [5.74, 6) is 0. The quantitative estimate of drug-likeness (QED) is 0.498. The predicted molar refractivity (Wildman–Crippen MR) is 41.6 cm³/mol. The van der Waals surface area contributed by atoms with E-state index >= 15 is 0 Å². The van der Waals surface area contributed by atoms with E-state index in [0.29, 0.717) is 0 Å². The zero-order chi connectivity index (χ0) is 7.73. The number of likely N-dealkylation sites (N-methyl/N-ethyl adjacent to an activating group) is 1. The number of rotatable bonds is 0. The van der Waals surface area contributed by atoms with Crippen LogP contribution < -0.4 is 0 Å². The Morgan fingerprint density at radius 2 is 2.27 bits per heavy atom. The molecule has 2 rings (SSSR count). The van der Waals surface area contributed by atoms with Crippen molar-refractivity contribution in [2.24, 2.45) is 0 Å². The topological polar surface area (TPSA) is 21.7 Å². The van der Waals surface area contributed by atoms with Crippen LogP contribution >= 0.6 is 0 Å². The molecule has 11 heavy (non-hydrogen) atoms. The second kappa shape index (κ2) is 2.73. The largest absolute Gasteiger partial charge is 0.378 e. The van der Waals surface area contributed by atoms with Gasteiger partial charge in [-0.15, -0.1) is 0 Å². The van der Waals surface area contributed by atoms with Gasteiger partial charge >= 0.3 is 0 Å². The molecule has 0 bridgehead atoms. The van der Waals surface area contributed by atoms with Crippen LogP contribution in [0.2, 0.25) is 0 Å². The molecule has 0 N–H and O–H groups in total. The van der Waals surface area contributed by atoms with Crippen LogP contribution in [-0.2, 0) is 9.47 Å². The highest BCUT2D eigenvalue weighted by molar-refractivity contribution is 4.90. The monoisotopic (exact) mass is 157 g/mol. The molecule has 64 valence electrons. The average molecular weight is 157 g/mol. The minimum Gasteiger partial charge on any atom is -0.378 e. The molecule has 2 aliphatic heterocycles. The van der Waals surface area contributed by atoms with Gasteiger partial charge in [0.1, 0.15) is 5.60 Å². The maximum Gasteiger partial charge on any atom is 0.106 e. The summed E-state index contributed by atoms with van der Waals surface area (Å²) >= 11 is 0. The highest BCUT2D eigenvalue weighted by atomic mass is 16.6. The first-order chi connectivity index (χ1) is 5.31. The second-order valence-corrected chi connectivity index (χ2v) is 3.57. The molecule has 0 aromatic carbocycles. The predicted octanol–water partition coefficient (Wildman–Crippen LogP) is 0.107. The van der Waals surface area contributed by atoms with Crippen molar-refractivity contribution in [1.82, 2.24) is 4.90 Å². The van der Waals surface area contributed by atoms with Crippen LogP contribution in [0.4, 0.5) is 0 Å². The maximum atomic E-state index is 5.73. The van der Waals surface area contributed by atoms with Crippen molar-refractivity contribution in [3.63, 3.8) is 0 Å². The third-order valence-electron chi connectivity index (χ3n) is 2.51. The normalized spacial score (nSPS) is 40.1. The highest BCUT2D eigenvalue weighted by Gasteiger charge is 2.39. The molecule has 1 spiro atoms. The smallest absolute Gasteiger partial charge is 0.106 e. The first-order valence-electron chi connectivity index (χ1n) is 4.21. The zero-order valence-corrected chi connectivity index (χ0v) is 7.01. The zero-order valence-electron chi connectivity index (χ0n) is 7.01. The Hall–Kier alpha value is -0.120. The Balaban J connectivity index is 2.00. The van der Waals surface area contributed by atoms with Crippen LogP contribution in [0, 0.1) is 0 Å². The van der Waals surface area contributed by atoms with E-state index in [2.05, 4.69) is 11.9 Å². The molecular weight excluding hydrogens is 142 g/mol. The minimum absolute atomic E-state index is 0.0486. The molecule has 0 radical (unpaired) electrons. The average Bonchev–Trinajstić information content (AvgIpc) is 2.37. The molecular formula is C8H15NO2. The fourth-order valence-corrected chi connectivity index (χ4v) is 1.86. The van der Waals surface area contributed by atoms with Gasteiger partial charge in [-0.1, -0.05) is 0 Å². The van der Waals surface area contributed by atoms with E-state index in [0.717, 1.165) is 39.3 Å². The molecule has 2 saturated heterocycles. The van der Waals surface area contributed by atoms with Gasteiger partial charge in [-0.3, -0.25) is 0 Å². The third kappa shape index (κ3) is 1.41. The number of morpholine rings is 1. The molecule has 0 aliphatic carbocycles. The van der Waals surface area contributed by atoms with E-state index in [-0.39, 0.29) is 5.60 Å². The number of hydrogen-bond donors (Lipinski definition) is 0. The van der Waals surface area contributed by atoms with Crippen molar-refractivity contribution in [2.75, 3.05) is 40.0 Å². The molecule has 1 unspecified atom stereocenters. The summed E-state index contributed by atoms with van der Waals surface area (Å²) in [6, 6.07) is 0. The molecule has 3 heteroatoms. The van der Waals surface area contributed by atoms with E-state index in [1.165, 1.54) is 0 Å². The van der Waals surface area contributed by atoms with E-state index in [9.17, 15) is 0 Å². The molecule has 0 saturated carbocycles. The fraction of sp³-hybridized carbons (Fsp3) is 1.00. The number of nitrogens with zero attached hydrogens (tertiary/aromatic N) is 1. The van der Waals surface area contributed by atoms with Gasteiger partial charge in [0.05, 0.1) is 13.2 Å². The molecule has 0 amide bonds. The van der Waals surface area contributed by atoms with Gasteiger partial charge in [0.2, 0.25) is 0 Å². The van der Waals surface area contributed by atoms with Gasteiger partial charge in [-0.2, -0.15) is 0 Å². The summed E-state index contributed by atoms with van der Waals surface area (Å²) in [6.45, 7) is 4.61. The summed E-state index contributed by atoms with van der Waals surface area (Å²) in [7, 11) is 2.14. The van der Waals surface area contributed by atoms with E-state index in [1.807, 2.05) is 0 Å². The first kappa shape index (κ1) is 7.53. The Morgan fingerprint density at radius 3 is 2.91 bits per heavy atom. The Morgan fingerprint density at radius 1 is 1.36 bits per heavy atom. The van der Waals surface area contributed by atoms with E-state index in [4.69, 9.17) is 9.47 Å². The van der Waals surface area contributed by atoms with Crippen molar-refractivity contribution >= 4 is 0 Å². The van der Waals surface area contributed by atoms with Gasteiger partial charge in [-0.05, 0) is 7.05 Å². The SMILES string of the molecule is CN1CCOC2(CCOC2)C1. The third-order valence-corrected chi connectivity index (χ3v) is 2.51. The lowest BCUT2D eigenvalue weighted by molar-refractivity contribution is -0.103. The van der Waals surface area contributed by atoms with Crippen LogP contribution in [-0.4, -0.2) is 50.5 Å². The molecule has 0 aromatic heterocycles.